The molecule has 2 nitrogen and oxygen atoms in total. The fourth-order valence-corrected chi connectivity index (χ4v) is 0.669. The summed E-state index contributed by atoms with van der Waals surface area (Å²) in [6, 6.07) is 0.476. The minimum Gasteiger partial charge on any atom is -0.397 e. The summed E-state index contributed by atoms with van der Waals surface area (Å²) in [5.74, 6) is -2.91. The van der Waals surface area contributed by atoms with Crippen molar-refractivity contribution in [2.45, 2.75) is 6.43 Å². The van der Waals surface area contributed by atoms with Crippen LogP contribution in [0.25, 0.3) is 0 Å². The molecule has 0 atom stereocenters. The Hall–Kier alpha value is -1.33. The van der Waals surface area contributed by atoms with Gasteiger partial charge in [-0.2, -0.15) is 4.39 Å². The van der Waals surface area contributed by atoms with Gasteiger partial charge in [0.1, 0.15) is 5.69 Å². The number of hydrogen-bond donors (Lipinski definition) is 1. The maximum absolute atomic E-state index is 12.3. The Balaban J connectivity index is 3.23. The first-order valence-corrected chi connectivity index (χ1v) is 2.92. The maximum Gasteiger partial charge on any atom is 0.282 e. The number of anilines is 1. The van der Waals surface area contributed by atoms with Crippen LogP contribution in [0.5, 0.6) is 0 Å². The van der Waals surface area contributed by atoms with Gasteiger partial charge in [-0.3, -0.25) is 0 Å². The van der Waals surface area contributed by atoms with Crippen molar-refractivity contribution in [1.82, 2.24) is 4.98 Å². The van der Waals surface area contributed by atoms with E-state index in [9.17, 15) is 17.6 Å². The third kappa shape index (κ3) is 1.46. The van der Waals surface area contributed by atoms with Gasteiger partial charge < -0.3 is 5.73 Å². The van der Waals surface area contributed by atoms with Crippen molar-refractivity contribution in [3.05, 3.63) is 23.5 Å². The van der Waals surface area contributed by atoms with E-state index < -0.39 is 29.6 Å². The molecule has 1 aromatic heterocycles. The summed E-state index contributed by atoms with van der Waals surface area (Å²) >= 11 is 0. The van der Waals surface area contributed by atoms with E-state index in [2.05, 4.69) is 4.98 Å². The number of nitrogens with two attached hydrogens (primary N) is 1. The predicted molar refractivity (Wildman–Crippen MR) is 33.5 cm³/mol. The SMILES string of the molecule is Nc1cc(F)c(F)nc1C(F)F. The number of hydrogen-bond acceptors (Lipinski definition) is 2. The van der Waals surface area contributed by atoms with Crippen LogP contribution < -0.4 is 5.73 Å². The molecule has 1 heterocycles. The Kier molecular flexibility index (Phi) is 2.16. The van der Waals surface area contributed by atoms with E-state index in [4.69, 9.17) is 5.73 Å². The summed E-state index contributed by atoms with van der Waals surface area (Å²) in [5, 5.41) is 0. The molecule has 6 heteroatoms. The van der Waals surface area contributed by atoms with E-state index in [-0.39, 0.29) is 0 Å². The van der Waals surface area contributed by atoms with Gasteiger partial charge in [-0.1, -0.05) is 0 Å². The molecule has 0 saturated carbocycles. The summed E-state index contributed by atoms with van der Waals surface area (Å²) in [4.78, 5) is 2.66. The van der Waals surface area contributed by atoms with Crippen LogP contribution in [-0.4, -0.2) is 4.98 Å². The van der Waals surface area contributed by atoms with Crippen molar-refractivity contribution < 1.29 is 17.6 Å². The fraction of sp³-hybridized carbons (Fsp3) is 0.167. The number of nitrogen functional groups attached to an aromatic ring is 1. The van der Waals surface area contributed by atoms with Gasteiger partial charge in [-0.05, 0) is 0 Å². The van der Waals surface area contributed by atoms with Crippen molar-refractivity contribution >= 4 is 5.69 Å². The predicted octanol–water partition coefficient (Wildman–Crippen LogP) is 1.88. The van der Waals surface area contributed by atoms with E-state index in [1.165, 1.54) is 0 Å². The van der Waals surface area contributed by atoms with E-state index in [0.717, 1.165) is 0 Å². The lowest BCUT2D eigenvalue weighted by Gasteiger charge is -2.02. The second-order valence-corrected chi connectivity index (χ2v) is 2.04. The molecule has 2 N–H and O–H groups in total. The first-order valence-electron chi connectivity index (χ1n) is 2.92. The van der Waals surface area contributed by atoms with Crippen LogP contribution in [0, 0.1) is 11.8 Å². The van der Waals surface area contributed by atoms with Crippen molar-refractivity contribution in [3.8, 4) is 0 Å². The van der Waals surface area contributed by atoms with Gasteiger partial charge in [0.15, 0.2) is 5.82 Å². The number of aromatic nitrogens is 1. The Labute approximate surface area is 65.0 Å². The molecule has 1 rings (SSSR count). The zero-order chi connectivity index (χ0) is 9.30. The van der Waals surface area contributed by atoms with Crippen LogP contribution in [0.3, 0.4) is 0 Å². The summed E-state index contributed by atoms with van der Waals surface area (Å²) in [6.07, 6.45) is -3.00. The standard InChI is InChI=1S/C6H4F4N2/c7-2-1-3(11)4(5(8)9)12-6(2)10/h1,5H,11H2. The van der Waals surface area contributed by atoms with E-state index in [0.29, 0.717) is 6.07 Å². The van der Waals surface area contributed by atoms with Crippen molar-refractivity contribution in [2.75, 3.05) is 5.73 Å². The van der Waals surface area contributed by atoms with Crippen LogP contribution in [0.4, 0.5) is 23.2 Å². The molecule has 0 aromatic carbocycles. The van der Waals surface area contributed by atoms with Crippen LogP contribution in [-0.2, 0) is 0 Å². The van der Waals surface area contributed by atoms with Gasteiger partial charge in [-0.25, -0.2) is 18.2 Å². The quantitative estimate of drug-likeness (QED) is 0.529. The highest BCUT2D eigenvalue weighted by atomic mass is 19.3. The number of nitrogens with zero attached hydrogens (tertiary/aromatic N) is 1. The fourth-order valence-electron chi connectivity index (χ4n) is 0.669. The highest BCUT2D eigenvalue weighted by Crippen LogP contribution is 2.23. The highest BCUT2D eigenvalue weighted by Gasteiger charge is 2.16. The molecule has 0 aliphatic heterocycles. The van der Waals surface area contributed by atoms with Crippen LogP contribution in [0.1, 0.15) is 12.1 Å². The lowest BCUT2D eigenvalue weighted by Crippen LogP contribution is -2.02. The largest absolute Gasteiger partial charge is 0.397 e. The second kappa shape index (κ2) is 2.96. The lowest BCUT2D eigenvalue weighted by atomic mass is 10.3. The Bertz CT molecular complexity index is 300. The highest BCUT2D eigenvalue weighted by molar-refractivity contribution is 5.43. The minimum absolute atomic E-state index is 0.476. The molecule has 0 amide bonds. The Morgan fingerprint density at radius 3 is 2.42 bits per heavy atom. The molecular weight excluding hydrogens is 176 g/mol. The van der Waals surface area contributed by atoms with E-state index in [1.807, 2.05) is 0 Å². The molecule has 12 heavy (non-hydrogen) atoms. The van der Waals surface area contributed by atoms with Gasteiger partial charge in [0, 0.05) is 6.07 Å². The number of pyridine rings is 1. The molecule has 1 aromatic rings. The summed E-state index contributed by atoms with van der Waals surface area (Å²) in [6.45, 7) is 0. The van der Waals surface area contributed by atoms with Gasteiger partial charge in [-0.15, -0.1) is 0 Å². The van der Waals surface area contributed by atoms with Gasteiger partial charge in [0.25, 0.3) is 6.43 Å². The monoisotopic (exact) mass is 180 g/mol. The third-order valence-corrected chi connectivity index (χ3v) is 1.20. The van der Waals surface area contributed by atoms with Crippen molar-refractivity contribution in [1.29, 1.82) is 0 Å². The molecule has 0 saturated heterocycles. The molecule has 0 aliphatic rings. The molecule has 0 spiro atoms. The lowest BCUT2D eigenvalue weighted by molar-refractivity contribution is 0.145. The van der Waals surface area contributed by atoms with Crippen LogP contribution >= 0.6 is 0 Å². The summed E-state index contributed by atoms with van der Waals surface area (Å²) in [7, 11) is 0. The first-order chi connectivity index (χ1) is 5.52. The zero-order valence-electron chi connectivity index (χ0n) is 5.69. The normalized spacial score (nSPS) is 10.8. The molecule has 0 fully saturated rings. The average Bonchev–Trinajstić information content (AvgIpc) is 1.96. The summed E-state index contributed by atoms with van der Waals surface area (Å²) in [5.41, 5.74) is 3.45. The average molecular weight is 180 g/mol. The van der Waals surface area contributed by atoms with E-state index >= 15 is 0 Å². The van der Waals surface area contributed by atoms with Crippen molar-refractivity contribution in [3.63, 3.8) is 0 Å². The molecule has 0 unspecified atom stereocenters. The van der Waals surface area contributed by atoms with Gasteiger partial charge in [0.2, 0.25) is 5.95 Å². The molecule has 0 bridgehead atoms. The number of halogens is 4. The van der Waals surface area contributed by atoms with Crippen molar-refractivity contribution in [2.24, 2.45) is 0 Å². The van der Waals surface area contributed by atoms with Gasteiger partial charge >= 0.3 is 0 Å². The number of rotatable bonds is 1. The Morgan fingerprint density at radius 2 is 1.92 bits per heavy atom. The molecule has 0 radical (unpaired) electrons. The van der Waals surface area contributed by atoms with Crippen LogP contribution in [0.15, 0.2) is 6.07 Å². The summed E-state index contributed by atoms with van der Waals surface area (Å²) < 4.78 is 48.3. The van der Waals surface area contributed by atoms with Crippen LogP contribution in [0.2, 0.25) is 0 Å². The van der Waals surface area contributed by atoms with E-state index in [1.54, 1.807) is 0 Å². The third-order valence-electron chi connectivity index (χ3n) is 1.20. The zero-order valence-corrected chi connectivity index (χ0v) is 5.69. The smallest absolute Gasteiger partial charge is 0.282 e. The molecule has 66 valence electrons. The second-order valence-electron chi connectivity index (χ2n) is 2.04. The maximum atomic E-state index is 12.3. The minimum atomic E-state index is -3.00. The number of alkyl halides is 2. The molecular formula is C6H4F4N2. The first kappa shape index (κ1) is 8.76. The Morgan fingerprint density at radius 1 is 1.33 bits per heavy atom. The van der Waals surface area contributed by atoms with Gasteiger partial charge in [0.05, 0.1) is 5.69 Å². The topological polar surface area (TPSA) is 38.9 Å². The molecule has 0 aliphatic carbocycles.